The molecule has 0 aromatic heterocycles. The standard InChI is InChI=1S/C23H18/c1-17-22(19-10-6-3-7-11-19)15-13-21-16-20(12-14-23(17)21)18-8-4-2-5-9-18/h2-16H,1H3. The fourth-order valence-corrected chi connectivity index (χ4v) is 3.23. The summed E-state index contributed by atoms with van der Waals surface area (Å²) in [4.78, 5) is 0. The lowest BCUT2D eigenvalue weighted by molar-refractivity contribution is 1.50. The summed E-state index contributed by atoms with van der Waals surface area (Å²) < 4.78 is 0. The summed E-state index contributed by atoms with van der Waals surface area (Å²) >= 11 is 0. The van der Waals surface area contributed by atoms with E-state index in [4.69, 9.17) is 0 Å². The normalized spacial score (nSPS) is 10.8. The van der Waals surface area contributed by atoms with Crippen LogP contribution in [0.15, 0.2) is 91.0 Å². The van der Waals surface area contributed by atoms with Gasteiger partial charge in [0, 0.05) is 0 Å². The summed E-state index contributed by atoms with van der Waals surface area (Å²) in [7, 11) is 0. The van der Waals surface area contributed by atoms with Gasteiger partial charge in [0.1, 0.15) is 0 Å². The molecule has 4 aromatic rings. The first kappa shape index (κ1) is 13.8. The number of hydrogen-bond acceptors (Lipinski definition) is 0. The van der Waals surface area contributed by atoms with E-state index in [1.807, 2.05) is 0 Å². The van der Waals surface area contributed by atoms with Gasteiger partial charge in [-0.15, -0.1) is 0 Å². The molecule has 0 heterocycles. The molecule has 0 aliphatic rings. The summed E-state index contributed by atoms with van der Waals surface area (Å²) in [5.74, 6) is 0. The molecule has 0 nitrogen and oxygen atoms in total. The lowest BCUT2D eigenvalue weighted by Gasteiger charge is -2.11. The van der Waals surface area contributed by atoms with Crippen LogP contribution in [0.5, 0.6) is 0 Å². The summed E-state index contributed by atoms with van der Waals surface area (Å²) in [6.07, 6.45) is 0. The van der Waals surface area contributed by atoms with Crippen molar-refractivity contribution in [2.45, 2.75) is 6.92 Å². The first-order valence-electron chi connectivity index (χ1n) is 7.97. The molecule has 4 rings (SSSR count). The predicted octanol–water partition coefficient (Wildman–Crippen LogP) is 6.48. The molecule has 0 aliphatic carbocycles. The summed E-state index contributed by atoms with van der Waals surface area (Å²) in [6.45, 7) is 2.22. The maximum Gasteiger partial charge on any atom is -0.0148 e. The minimum absolute atomic E-state index is 1.26. The zero-order chi connectivity index (χ0) is 15.6. The van der Waals surface area contributed by atoms with Crippen molar-refractivity contribution in [3.8, 4) is 22.3 Å². The van der Waals surface area contributed by atoms with Crippen LogP contribution >= 0.6 is 0 Å². The van der Waals surface area contributed by atoms with E-state index in [9.17, 15) is 0 Å². The first-order chi connectivity index (χ1) is 11.3. The molecule has 0 unspecified atom stereocenters. The molecule has 0 saturated carbocycles. The van der Waals surface area contributed by atoms with Gasteiger partial charge in [0.2, 0.25) is 0 Å². The second-order valence-electron chi connectivity index (χ2n) is 5.91. The zero-order valence-electron chi connectivity index (χ0n) is 13.2. The van der Waals surface area contributed by atoms with Crippen LogP contribution < -0.4 is 0 Å². The monoisotopic (exact) mass is 294 g/mol. The van der Waals surface area contributed by atoms with Gasteiger partial charge in [0.25, 0.3) is 0 Å². The summed E-state index contributed by atoms with van der Waals surface area (Å²) in [5, 5.41) is 2.62. The molecular formula is C23H18. The van der Waals surface area contributed by atoms with E-state index in [1.165, 1.54) is 38.6 Å². The SMILES string of the molecule is Cc1c(-c2ccccc2)ccc2cc(-c3ccccc3)ccc12. The summed E-state index contributed by atoms with van der Waals surface area (Å²) in [5.41, 5.74) is 6.46. The van der Waals surface area contributed by atoms with E-state index >= 15 is 0 Å². The maximum absolute atomic E-state index is 2.28. The lowest BCUT2D eigenvalue weighted by Crippen LogP contribution is -1.86. The molecule has 0 radical (unpaired) electrons. The topological polar surface area (TPSA) is 0 Å². The predicted molar refractivity (Wildman–Crippen MR) is 99.6 cm³/mol. The molecule has 4 aromatic carbocycles. The molecule has 0 N–H and O–H groups in total. The smallest absolute Gasteiger partial charge is 0.0148 e. The van der Waals surface area contributed by atoms with Crippen molar-refractivity contribution in [3.05, 3.63) is 96.6 Å². The van der Waals surface area contributed by atoms with Crippen LogP contribution in [0.1, 0.15) is 5.56 Å². The number of rotatable bonds is 2. The molecule has 0 atom stereocenters. The van der Waals surface area contributed by atoms with Crippen molar-refractivity contribution in [2.75, 3.05) is 0 Å². The van der Waals surface area contributed by atoms with E-state index in [-0.39, 0.29) is 0 Å². The third-order valence-electron chi connectivity index (χ3n) is 4.48. The van der Waals surface area contributed by atoms with Crippen LogP contribution in [0.25, 0.3) is 33.0 Å². The highest BCUT2D eigenvalue weighted by molar-refractivity contribution is 5.94. The molecule has 0 amide bonds. The van der Waals surface area contributed by atoms with Crippen molar-refractivity contribution in [2.24, 2.45) is 0 Å². The van der Waals surface area contributed by atoms with E-state index in [1.54, 1.807) is 0 Å². The largest absolute Gasteiger partial charge is 0.0622 e. The van der Waals surface area contributed by atoms with Gasteiger partial charge in [-0.2, -0.15) is 0 Å². The van der Waals surface area contributed by atoms with E-state index in [0.717, 1.165) is 0 Å². The average molecular weight is 294 g/mol. The van der Waals surface area contributed by atoms with Crippen LogP contribution in [-0.4, -0.2) is 0 Å². The van der Waals surface area contributed by atoms with E-state index < -0.39 is 0 Å². The second-order valence-corrected chi connectivity index (χ2v) is 5.91. The highest BCUT2D eigenvalue weighted by atomic mass is 14.1. The number of aryl methyl sites for hydroxylation is 1. The van der Waals surface area contributed by atoms with Gasteiger partial charge in [-0.05, 0) is 51.6 Å². The van der Waals surface area contributed by atoms with Gasteiger partial charge >= 0.3 is 0 Å². The van der Waals surface area contributed by atoms with Crippen LogP contribution in [0.2, 0.25) is 0 Å². The van der Waals surface area contributed by atoms with Gasteiger partial charge in [-0.25, -0.2) is 0 Å². The minimum atomic E-state index is 1.26. The summed E-state index contributed by atoms with van der Waals surface area (Å²) in [6, 6.07) is 32.4. The van der Waals surface area contributed by atoms with Crippen molar-refractivity contribution in [1.82, 2.24) is 0 Å². The number of benzene rings is 4. The molecule has 0 aliphatic heterocycles. The number of fused-ring (bicyclic) bond motifs is 1. The first-order valence-corrected chi connectivity index (χ1v) is 7.97. The van der Waals surface area contributed by atoms with Crippen LogP contribution in [0.3, 0.4) is 0 Å². The van der Waals surface area contributed by atoms with Crippen LogP contribution in [0.4, 0.5) is 0 Å². The Morgan fingerprint density at radius 1 is 0.522 bits per heavy atom. The molecule has 23 heavy (non-hydrogen) atoms. The molecule has 0 bridgehead atoms. The third-order valence-corrected chi connectivity index (χ3v) is 4.48. The highest BCUT2D eigenvalue weighted by Crippen LogP contribution is 2.32. The lowest BCUT2D eigenvalue weighted by atomic mass is 9.93. The fraction of sp³-hybridized carbons (Fsp3) is 0.0435. The Hall–Kier alpha value is -2.86. The molecule has 0 heteroatoms. The Bertz CT molecular complexity index is 951. The second kappa shape index (κ2) is 5.73. The molecule has 0 saturated heterocycles. The third kappa shape index (κ3) is 2.53. The number of hydrogen-bond donors (Lipinski definition) is 0. The Morgan fingerprint density at radius 2 is 1.17 bits per heavy atom. The Kier molecular flexibility index (Phi) is 3.44. The Balaban J connectivity index is 1.86. The Labute approximate surface area is 137 Å². The molecule has 0 spiro atoms. The Morgan fingerprint density at radius 3 is 1.87 bits per heavy atom. The van der Waals surface area contributed by atoms with Gasteiger partial charge in [-0.3, -0.25) is 0 Å². The van der Waals surface area contributed by atoms with Crippen molar-refractivity contribution in [1.29, 1.82) is 0 Å². The van der Waals surface area contributed by atoms with Crippen molar-refractivity contribution in [3.63, 3.8) is 0 Å². The van der Waals surface area contributed by atoms with Crippen LogP contribution in [0, 0.1) is 6.92 Å². The average Bonchev–Trinajstić information content (AvgIpc) is 2.63. The maximum atomic E-state index is 2.28. The highest BCUT2D eigenvalue weighted by Gasteiger charge is 2.07. The zero-order valence-corrected chi connectivity index (χ0v) is 13.2. The van der Waals surface area contributed by atoms with Gasteiger partial charge < -0.3 is 0 Å². The van der Waals surface area contributed by atoms with Gasteiger partial charge in [0.05, 0.1) is 0 Å². The van der Waals surface area contributed by atoms with Crippen molar-refractivity contribution >= 4 is 10.8 Å². The molecular weight excluding hydrogens is 276 g/mol. The van der Waals surface area contributed by atoms with Crippen LogP contribution in [-0.2, 0) is 0 Å². The fourth-order valence-electron chi connectivity index (χ4n) is 3.23. The minimum Gasteiger partial charge on any atom is -0.0622 e. The van der Waals surface area contributed by atoms with E-state index in [2.05, 4.69) is 97.9 Å². The quantitative estimate of drug-likeness (QED) is 0.397. The molecule has 0 fully saturated rings. The van der Waals surface area contributed by atoms with Crippen molar-refractivity contribution < 1.29 is 0 Å². The van der Waals surface area contributed by atoms with Gasteiger partial charge in [0.15, 0.2) is 0 Å². The molecule has 110 valence electrons. The van der Waals surface area contributed by atoms with Gasteiger partial charge in [-0.1, -0.05) is 84.9 Å². The van der Waals surface area contributed by atoms with E-state index in [0.29, 0.717) is 0 Å².